The van der Waals surface area contributed by atoms with Gasteiger partial charge in [0, 0.05) is 20.8 Å². The number of fused-ring (bicyclic) bond motifs is 1. The molecule has 0 unspecified atom stereocenters. The van der Waals surface area contributed by atoms with Crippen molar-refractivity contribution in [3.63, 3.8) is 0 Å². The standard InChI is InChI=1S/C28H36O10/c1-15-12-13-20(35-17(3)30)27(14-34-16(2)29)24(37-25(33)19-10-8-7-9-11-19)22(32)21-23(36-18(4)31)28(15,27)38-26(21,5)6/h7-11,15,20-24,32H,12-14H2,1-6H3/t15-,20+,21-,22-,23-,24+,27+,28-/m1/s1. The number of hydrogen-bond donors (Lipinski definition) is 1. The molecule has 4 rings (SSSR count). The minimum absolute atomic E-state index is 0.249. The molecule has 2 bridgehead atoms. The Balaban J connectivity index is 1.99. The molecule has 1 aromatic carbocycles. The Bertz CT molecular complexity index is 1100. The first-order valence-corrected chi connectivity index (χ1v) is 12.9. The van der Waals surface area contributed by atoms with Crippen LogP contribution in [0.1, 0.15) is 64.7 Å². The fraction of sp³-hybridized carbons (Fsp3) is 0.643. The van der Waals surface area contributed by atoms with E-state index in [0.29, 0.717) is 12.8 Å². The second kappa shape index (κ2) is 9.96. The van der Waals surface area contributed by atoms with Gasteiger partial charge in [0.25, 0.3) is 0 Å². The zero-order chi connectivity index (χ0) is 28.0. The molecule has 1 spiro atoms. The number of carbonyl (C=O) groups excluding carboxylic acids is 4. The van der Waals surface area contributed by atoms with Gasteiger partial charge in [0.05, 0.1) is 17.1 Å². The number of rotatable bonds is 6. The first-order valence-electron chi connectivity index (χ1n) is 12.9. The Kier molecular flexibility index (Phi) is 7.35. The number of benzene rings is 1. The number of carbonyl (C=O) groups is 4. The fourth-order valence-electron chi connectivity index (χ4n) is 7.15. The molecular formula is C28H36O10. The van der Waals surface area contributed by atoms with Gasteiger partial charge in [-0.25, -0.2) is 4.79 Å². The van der Waals surface area contributed by atoms with Crippen LogP contribution in [-0.2, 0) is 38.1 Å². The van der Waals surface area contributed by atoms with Crippen molar-refractivity contribution in [2.45, 2.75) is 90.0 Å². The highest BCUT2D eigenvalue weighted by atomic mass is 16.6. The van der Waals surface area contributed by atoms with Crippen molar-refractivity contribution >= 4 is 23.9 Å². The van der Waals surface area contributed by atoms with Gasteiger partial charge in [-0.05, 0) is 44.7 Å². The second-order valence-corrected chi connectivity index (χ2v) is 11.1. The van der Waals surface area contributed by atoms with Gasteiger partial charge in [-0.3, -0.25) is 14.4 Å². The Morgan fingerprint density at radius 1 is 0.921 bits per heavy atom. The summed E-state index contributed by atoms with van der Waals surface area (Å²) in [4.78, 5) is 50.3. The summed E-state index contributed by atoms with van der Waals surface area (Å²) in [6.45, 7) is 8.79. The van der Waals surface area contributed by atoms with E-state index in [2.05, 4.69) is 0 Å². The Morgan fingerprint density at radius 2 is 1.55 bits per heavy atom. The van der Waals surface area contributed by atoms with Crippen LogP contribution in [0.5, 0.6) is 0 Å². The number of esters is 4. The van der Waals surface area contributed by atoms with E-state index in [9.17, 15) is 24.3 Å². The van der Waals surface area contributed by atoms with Crippen molar-refractivity contribution in [2.75, 3.05) is 6.61 Å². The average molecular weight is 533 g/mol. The smallest absolute Gasteiger partial charge is 0.338 e. The predicted octanol–water partition coefficient (Wildman–Crippen LogP) is 2.59. The predicted molar refractivity (Wildman–Crippen MR) is 132 cm³/mol. The highest BCUT2D eigenvalue weighted by Crippen LogP contribution is 2.67. The largest absolute Gasteiger partial charge is 0.465 e. The van der Waals surface area contributed by atoms with E-state index in [-0.39, 0.29) is 11.5 Å². The lowest BCUT2D eigenvalue weighted by molar-refractivity contribution is -0.313. The van der Waals surface area contributed by atoms with E-state index >= 15 is 0 Å². The quantitative estimate of drug-likeness (QED) is 0.430. The average Bonchev–Trinajstić information content (AvgIpc) is 3.03. The first-order chi connectivity index (χ1) is 17.8. The molecule has 1 saturated heterocycles. The van der Waals surface area contributed by atoms with Gasteiger partial charge in [-0.15, -0.1) is 0 Å². The van der Waals surface area contributed by atoms with Gasteiger partial charge in [-0.2, -0.15) is 0 Å². The van der Waals surface area contributed by atoms with E-state index in [1.165, 1.54) is 20.8 Å². The number of hydrogen-bond acceptors (Lipinski definition) is 10. The van der Waals surface area contributed by atoms with Crippen LogP contribution in [0.4, 0.5) is 0 Å². The zero-order valence-corrected chi connectivity index (χ0v) is 22.6. The third-order valence-electron chi connectivity index (χ3n) is 8.42. The van der Waals surface area contributed by atoms with Crippen LogP contribution >= 0.6 is 0 Å². The number of aliphatic hydroxyl groups is 1. The van der Waals surface area contributed by atoms with Crippen molar-refractivity contribution < 1.29 is 48.0 Å². The zero-order valence-electron chi connectivity index (χ0n) is 22.6. The van der Waals surface area contributed by atoms with Crippen LogP contribution in [0, 0.1) is 17.3 Å². The summed E-state index contributed by atoms with van der Waals surface area (Å²) >= 11 is 0. The summed E-state index contributed by atoms with van der Waals surface area (Å²) in [5.41, 5.74) is -3.84. The maximum atomic E-state index is 13.4. The third-order valence-corrected chi connectivity index (χ3v) is 8.42. The molecule has 2 saturated carbocycles. The van der Waals surface area contributed by atoms with Gasteiger partial charge in [0.1, 0.15) is 42.0 Å². The molecule has 0 radical (unpaired) electrons. The molecule has 3 aliphatic rings. The minimum atomic E-state index is -1.60. The normalized spacial score (nSPS) is 36.9. The summed E-state index contributed by atoms with van der Waals surface area (Å²) in [6, 6.07) is 8.27. The highest BCUT2D eigenvalue weighted by Gasteiger charge is 2.83. The molecule has 8 atom stereocenters. The Hall–Kier alpha value is -2.98. The lowest BCUT2D eigenvalue weighted by Gasteiger charge is -2.63. The van der Waals surface area contributed by atoms with E-state index in [1.807, 2.05) is 6.92 Å². The highest BCUT2D eigenvalue weighted by molar-refractivity contribution is 5.89. The SMILES string of the molecule is CC(=O)OC[C@@]12[C@@H](OC(C)=O)CC[C@@H](C)[C@]13OC(C)(C)[C@H]([C@@H](O)[C@@H]2OC(=O)c1ccccc1)[C@H]3OC(C)=O. The van der Waals surface area contributed by atoms with Gasteiger partial charge < -0.3 is 28.8 Å². The maximum Gasteiger partial charge on any atom is 0.338 e. The van der Waals surface area contributed by atoms with Crippen LogP contribution < -0.4 is 0 Å². The topological polar surface area (TPSA) is 135 Å². The third kappa shape index (κ3) is 4.27. The van der Waals surface area contributed by atoms with Gasteiger partial charge >= 0.3 is 23.9 Å². The lowest BCUT2D eigenvalue weighted by atomic mass is 9.47. The lowest BCUT2D eigenvalue weighted by Crippen LogP contribution is -2.79. The molecule has 1 aromatic rings. The second-order valence-electron chi connectivity index (χ2n) is 11.1. The van der Waals surface area contributed by atoms with Crippen molar-refractivity contribution in [2.24, 2.45) is 17.3 Å². The van der Waals surface area contributed by atoms with Crippen molar-refractivity contribution in [1.82, 2.24) is 0 Å². The van der Waals surface area contributed by atoms with Crippen LogP contribution in [0.25, 0.3) is 0 Å². The maximum absolute atomic E-state index is 13.4. The molecule has 38 heavy (non-hydrogen) atoms. The summed E-state index contributed by atoms with van der Waals surface area (Å²) in [5, 5.41) is 11.9. The molecular weight excluding hydrogens is 496 g/mol. The molecule has 208 valence electrons. The molecule has 1 heterocycles. The van der Waals surface area contributed by atoms with E-state index in [0.717, 1.165) is 0 Å². The first kappa shape index (κ1) is 28.0. The van der Waals surface area contributed by atoms with Crippen LogP contribution in [0.2, 0.25) is 0 Å². The fourth-order valence-corrected chi connectivity index (χ4v) is 7.15. The molecule has 1 aliphatic heterocycles. The molecule has 10 nitrogen and oxygen atoms in total. The summed E-state index contributed by atoms with van der Waals surface area (Å²) < 4.78 is 30.2. The van der Waals surface area contributed by atoms with E-state index in [1.54, 1.807) is 44.2 Å². The molecule has 0 amide bonds. The minimum Gasteiger partial charge on any atom is -0.465 e. The summed E-state index contributed by atoms with van der Waals surface area (Å²) in [6.07, 6.45) is -3.92. The van der Waals surface area contributed by atoms with Gasteiger partial charge in [0.2, 0.25) is 0 Å². The van der Waals surface area contributed by atoms with Crippen molar-refractivity contribution in [1.29, 1.82) is 0 Å². The Morgan fingerprint density at radius 3 is 2.13 bits per heavy atom. The van der Waals surface area contributed by atoms with Crippen molar-refractivity contribution in [3.8, 4) is 0 Å². The Labute approximate surface area is 221 Å². The molecule has 1 N–H and O–H groups in total. The monoisotopic (exact) mass is 532 g/mol. The molecule has 2 aliphatic carbocycles. The van der Waals surface area contributed by atoms with Gasteiger partial charge in [0.15, 0.2) is 0 Å². The molecule has 0 aromatic heterocycles. The van der Waals surface area contributed by atoms with E-state index < -0.39 is 77.4 Å². The molecule has 3 fully saturated rings. The number of aliphatic hydroxyl groups excluding tert-OH is 1. The van der Waals surface area contributed by atoms with Gasteiger partial charge in [-0.1, -0.05) is 25.1 Å². The summed E-state index contributed by atoms with van der Waals surface area (Å²) in [7, 11) is 0. The van der Waals surface area contributed by atoms with E-state index in [4.69, 9.17) is 23.7 Å². The van der Waals surface area contributed by atoms with Crippen molar-refractivity contribution in [3.05, 3.63) is 35.9 Å². The molecule has 10 heteroatoms. The van der Waals surface area contributed by atoms with Crippen LogP contribution in [0.3, 0.4) is 0 Å². The number of ether oxygens (including phenoxy) is 5. The van der Waals surface area contributed by atoms with Crippen LogP contribution in [-0.4, -0.2) is 71.2 Å². The summed E-state index contributed by atoms with van der Waals surface area (Å²) in [5.74, 6) is -3.66. The van der Waals surface area contributed by atoms with Crippen LogP contribution in [0.15, 0.2) is 30.3 Å².